The van der Waals surface area contributed by atoms with E-state index in [-0.39, 0.29) is 22.7 Å². The summed E-state index contributed by atoms with van der Waals surface area (Å²) in [5.74, 6) is -0.562. The number of non-ortho nitro benzene ring substituents is 1. The molecule has 0 aliphatic carbocycles. The number of anilines is 1. The average Bonchev–Trinajstić information content (AvgIpc) is 2.66. The molecule has 0 spiro atoms. The van der Waals surface area contributed by atoms with E-state index in [4.69, 9.17) is 14.5 Å². The van der Waals surface area contributed by atoms with Crippen LogP contribution in [0.4, 0.5) is 11.4 Å². The normalized spacial score (nSPS) is 11.2. The van der Waals surface area contributed by atoms with Crippen molar-refractivity contribution in [2.45, 2.75) is 6.92 Å². The van der Waals surface area contributed by atoms with Crippen LogP contribution in [0.25, 0.3) is 0 Å². The number of nitrogens with zero attached hydrogens (tertiary/aromatic N) is 1. The number of hydrogen-bond acceptors (Lipinski definition) is 8. The Morgan fingerprint density at radius 2 is 1.70 bits per heavy atom. The topological polar surface area (TPSA) is 139 Å². The average molecular weight is 390 g/mol. The Bertz CT molecular complexity index is 877. The predicted octanol–water partition coefficient (Wildman–Crippen LogP) is 2.95. The smallest absolute Gasteiger partial charge is 0.359 e. The summed E-state index contributed by atoms with van der Waals surface area (Å²) < 4.78 is 5.16. The lowest BCUT2D eigenvalue weighted by atomic mass is 10.2. The van der Waals surface area contributed by atoms with Gasteiger partial charge in [-0.1, -0.05) is 6.08 Å². The van der Waals surface area contributed by atoms with Crippen molar-refractivity contribution in [2.24, 2.45) is 0 Å². The molecule has 0 aliphatic rings. The molecule has 3 N–H and O–H groups in total. The molecule has 0 bridgehead atoms. The SMILES string of the molecule is C/C=C(\Nc1ccc(C(=O)P(O)O)cc1)C(=O)Oc1ccc([N+](=O)[O-])cc1. The Morgan fingerprint density at radius 1 is 1.11 bits per heavy atom. The lowest BCUT2D eigenvalue weighted by molar-refractivity contribution is -0.384. The number of carbonyl (C=O) groups is 2. The number of rotatable bonds is 7. The first-order valence-electron chi connectivity index (χ1n) is 7.54. The molecule has 0 saturated carbocycles. The standard InChI is InChI=1S/C17H15N2O7P/c1-2-15(16(20)26-14-9-7-13(8-10-14)19(22)23)18-12-5-3-11(4-6-12)17(21)27(24)25/h2-10,18,24-25H,1H3/b15-2-. The minimum absolute atomic E-state index is 0.110. The zero-order chi connectivity index (χ0) is 20.0. The highest BCUT2D eigenvalue weighted by atomic mass is 31.2. The molecule has 0 atom stereocenters. The highest BCUT2D eigenvalue weighted by Gasteiger charge is 2.16. The third-order valence-electron chi connectivity index (χ3n) is 3.36. The van der Waals surface area contributed by atoms with Gasteiger partial charge in [-0.05, 0) is 43.3 Å². The van der Waals surface area contributed by atoms with Gasteiger partial charge in [-0.3, -0.25) is 14.9 Å². The summed E-state index contributed by atoms with van der Waals surface area (Å²) in [5, 5.41) is 13.4. The summed E-state index contributed by atoms with van der Waals surface area (Å²) >= 11 is 0. The Hall–Kier alpha value is -3.13. The maximum absolute atomic E-state index is 12.2. The molecule has 0 radical (unpaired) electrons. The minimum atomic E-state index is -2.70. The molecular formula is C17H15N2O7P. The summed E-state index contributed by atoms with van der Waals surface area (Å²) in [6.07, 6.45) is 1.48. The third-order valence-corrected chi connectivity index (χ3v) is 3.98. The molecule has 0 aromatic heterocycles. The first-order valence-corrected chi connectivity index (χ1v) is 8.78. The first-order chi connectivity index (χ1) is 12.8. The largest absolute Gasteiger partial charge is 0.422 e. The van der Waals surface area contributed by atoms with Crippen molar-refractivity contribution in [1.82, 2.24) is 0 Å². The number of esters is 1. The quantitative estimate of drug-likeness (QED) is 0.164. The van der Waals surface area contributed by atoms with Crippen molar-refractivity contribution in [3.8, 4) is 5.75 Å². The lowest BCUT2D eigenvalue weighted by Crippen LogP contribution is -2.17. The van der Waals surface area contributed by atoms with Gasteiger partial charge in [0.2, 0.25) is 13.9 Å². The second kappa shape index (κ2) is 9.00. The number of hydrogen-bond donors (Lipinski definition) is 3. The fourth-order valence-electron chi connectivity index (χ4n) is 2.01. The van der Waals surface area contributed by atoms with Crippen molar-refractivity contribution >= 4 is 31.2 Å². The van der Waals surface area contributed by atoms with Gasteiger partial charge in [-0.2, -0.15) is 0 Å². The predicted molar refractivity (Wildman–Crippen MR) is 98.2 cm³/mol. The number of nitro benzene ring substituents is 1. The Balaban J connectivity index is 2.05. The summed E-state index contributed by atoms with van der Waals surface area (Å²) in [6, 6.07) is 10.8. The highest BCUT2D eigenvalue weighted by Crippen LogP contribution is 2.29. The monoisotopic (exact) mass is 390 g/mol. The second-order valence-electron chi connectivity index (χ2n) is 5.14. The van der Waals surface area contributed by atoms with E-state index in [0.717, 1.165) is 0 Å². The molecule has 0 unspecified atom stereocenters. The fraction of sp³-hybridized carbons (Fsp3) is 0.0588. The molecule has 0 saturated heterocycles. The molecule has 0 fully saturated rings. The summed E-state index contributed by atoms with van der Waals surface area (Å²) in [4.78, 5) is 51.7. The van der Waals surface area contributed by atoms with Crippen LogP contribution in [0.3, 0.4) is 0 Å². The molecule has 2 aromatic rings. The van der Waals surface area contributed by atoms with Gasteiger partial charge in [0.05, 0.1) is 4.92 Å². The maximum Gasteiger partial charge on any atom is 0.359 e. The van der Waals surface area contributed by atoms with Crippen LogP contribution >= 0.6 is 8.38 Å². The Labute approximate surface area is 155 Å². The zero-order valence-corrected chi connectivity index (χ0v) is 14.9. The molecule has 0 aliphatic heterocycles. The van der Waals surface area contributed by atoms with Gasteiger partial charge >= 0.3 is 5.97 Å². The maximum atomic E-state index is 12.2. The van der Waals surface area contributed by atoms with E-state index in [2.05, 4.69) is 5.32 Å². The summed E-state index contributed by atoms with van der Waals surface area (Å²) in [7, 11) is -2.70. The van der Waals surface area contributed by atoms with Gasteiger partial charge < -0.3 is 19.8 Å². The first kappa shape index (κ1) is 20.2. The van der Waals surface area contributed by atoms with Crippen molar-refractivity contribution in [3.63, 3.8) is 0 Å². The second-order valence-corrected chi connectivity index (χ2v) is 6.12. The van der Waals surface area contributed by atoms with E-state index < -0.39 is 24.8 Å². The number of benzene rings is 2. The molecule has 2 rings (SSSR count). The van der Waals surface area contributed by atoms with E-state index in [0.29, 0.717) is 5.69 Å². The van der Waals surface area contributed by atoms with Gasteiger partial charge in [0.25, 0.3) is 5.69 Å². The van der Waals surface area contributed by atoms with Crippen LogP contribution in [0.15, 0.2) is 60.3 Å². The number of nitro groups is 1. The molecule has 9 nitrogen and oxygen atoms in total. The van der Waals surface area contributed by atoms with Crippen LogP contribution < -0.4 is 10.1 Å². The van der Waals surface area contributed by atoms with Gasteiger partial charge in [0, 0.05) is 23.4 Å². The molecule has 27 heavy (non-hydrogen) atoms. The van der Waals surface area contributed by atoms with Crippen molar-refractivity contribution in [1.29, 1.82) is 0 Å². The van der Waals surface area contributed by atoms with Crippen LogP contribution in [-0.2, 0) is 4.79 Å². The fourth-order valence-corrected chi connectivity index (χ4v) is 2.39. The third kappa shape index (κ3) is 5.42. The van der Waals surface area contributed by atoms with Crippen LogP contribution in [-0.4, -0.2) is 26.2 Å². The van der Waals surface area contributed by atoms with Gasteiger partial charge in [0.1, 0.15) is 11.4 Å². The summed E-state index contributed by atoms with van der Waals surface area (Å²) in [6.45, 7) is 1.61. The zero-order valence-electron chi connectivity index (χ0n) is 14.0. The minimum Gasteiger partial charge on any atom is -0.422 e. The van der Waals surface area contributed by atoms with Crippen molar-refractivity contribution in [3.05, 3.63) is 76.0 Å². The Morgan fingerprint density at radius 3 is 2.19 bits per heavy atom. The lowest BCUT2D eigenvalue weighted by Gasteiger charge is -2.11. The molecule has 0 heterocycles. The van der Waals surface area contributed by atoms with Crippen molar-refractivity contribution in [2.75, 3.05) is 5.32 Å². The number of ether oxygens (including phenoxy) is 1. The summed E-state index contributed by atoms with van der Waals surface area (Å²) in [5.41, 5.74) is -0.185. The highest BCUT2D eigenvalue weighted by molar-refractivity contribution is 7.65. The van der Waals surface area contributed by atoms with E-state index in [1.54, 1.807) is 6.92 Å². The van der Waals surface area contributed by atoms with Crippen molar-refractivity contribution < 1.29 is 29.0 Å². The molecule has 0 amide bonds. The van der Waals surface area contributed by atoms with E-state index in [9.17, 15) is 19.7 Å². The van der Waals surface area contributed by atoms with E-state index in [1.807, 2.05) is 0 Å². The number of nitrogens with one attached hydrogen (secondary N) is 1. The Kier molecular flexibility index (Phi) is 6.73. The van der Waals surface area contributed by atoms with E-state index in [1.165, 1.54) is 54.6 Å². The van der Waals surface area contributed by atoms with Crippen LogP contribution in [0.5, 0.6) is 5.75 Å². The molecule has 140 valence electrons. The van der Waals surface area contributed by atoms with E-state index >= 15 is 0 Å². The van der Waals surface area contributed by atoms with Gasteiger partial charge in [-0.25, -0.2) is 4.79 Å². The van der Waals surface area contributed by atoms with Crippen LogP contribution in [0, 0.1) is 10.1 Å². The van der Waals surface area contributed by atoms with Gasteiger partial charge in [-0.15, -0.1) is 0 Å². The number of carbonyl (C=O) groups excluding carboxylic acids is 2. The molecule has 2 aromatic carbocycles. The van der Waals surface area contributed by atoms with Crippen LogP contribution in [0.2, 0.25) is 0 Å². The van der Waals surface area contributed by atoms with Crippen LogP contribution in [0.1, 0.15) is 17.3 Å². The van der Waals surface area contributed by atoms with Gasteiger partial charge in [0.15, 0.2) is 0 Å². The molecule has 10 heteroatoms. The molecular weight excluding hydrogens is 375 g/mol. The number of allylic oxidation sites excluding steroid dienone is 1.